The van der Waals surface area contributed by atoms with Crippen molar-refractivity contribution in [2.24, 2.45) is 11.7 Å². The SMILES string of the molecule is NC(=O)C1CC(O)C(O)C(N2c3ccccc3[B]c3ccccc32)C1. The molecule has 1 heterocycles. The van der Waals surface area contributed by atoms with E-state index in [2.05, 4.69) is 7.28 Å². The van der Waals surface area contributed by atoms with Crippen molar-refractivity contribution in [1.29, 1.82) is 0 Å². The van der Waals surface area contributed by atoms with Gasteiger partial charge in [0.25, 0.3) is 0 Å². The van der Waals surface area contributed by atoms with Gasteiger partial charge in [-0.15, -0.1) is 0 Å². The normalized spacial score (nSPS) is 27.8. The molecule has 6 heteroatoms. The first kappa shape index (κ1) is 16.2. The monoisotopic (exact) mass is 335 g/mol. The van der Waals surface area contributed by atoms with Crippen molar-refractivity contribution >= 4 is 35.5 Å². The van der Waals surface area contributed by atoms with Crippen LogP contribution in [-0.2, 0) is 4.79 Å². The summed E-state index contributed by atoms with van der Waals surface area (Å²) >= 11 is 0. The van der Waals surface area contributed by atoms with E-state index in [0.717, 1.165) is 22.3 Å². The number of aliphatic hydroxyl groups is 2. The summed E-state index contributed by atoms with van der Waals surface area (Å²) in [5, 5.41) is 21.0. The number of fused-ring (bicyclic) bond motifs is 2. The van der Waals surface area contributed by atoms with Crippen molar-refractivity contribution in [1.82, 2.24) is 0 Å². The van der Waals surface area contributed by atoms with Crippen molar-refractivity contribution in [2.75, 3.05) is 4.90 Å². The lowest BCUT2D eigenvalue weighted by Gasteiger charge is -2.46. The van der Waals surface area contributed by atoms with Crippen LogP contribution in [0.5, 0.6) is 0 Å². The van der Waals surface area contributed by atoms with E-state index in [9.17, 15) is 15.0 Å². The molecule has 1 amide bonds. The van der Waals surface area contributed by atoms with Gasteiger partial charge in [-0.2, -0.15) is 0 Å². The highest BCUT2D eigenvalue weighted by molar-refractivity contribution is 6.71. The first-order chi connectivity index (χ1) is 12.1. The molecule has 2 aliphatic rings. The summed E-state index contributed by atoms with van der Waals surface area (Å²) in [6.07, 6.45) is -1.30. The maximum atomic E-state index is 11.7. The van der Waals surface area contributed by atoms with Gasteiger partial charge < -0.3 is 20.8 Å². The number of nitrogens with two attached hydrogens (primary N) is 1. The van der Waals surface area contributed by atoms with Gasteiger partial charge in [0.05, 0.1) is 12.1 Å². The summed E-state index contributed by atoms with van der Waals surface area (Å²) in [5.41, 5.74) is 9.51. The molecule has 4 atom stereocenters. The highest BCUT2D eigenvalue weighted by Crippen LogP contribution is 2.36. The predicted octanol–water partition coefficient (Wildman–Crippen LogP) is -0.221. The zero-order chi connectivity index (χ0) is 17.6. The van der Waals surface area contributed by atoms with Crippen LogP contribution in [0.4, 0.5) is 11.4 Å². The van der Waals surface area contributed by atoms with Gasteiger partial charge >= 0.3 is 0 Å². The third kappa shape index (κ3) is 2.71. The molecule has 1 aliphatic carbocycles. The van der Waals surface area contributed by atoms with Crippen molar-refractivity contribution in [3.8, 4) is 0 Å². The molecule has 0 aromatic heterocycles. The number of para-hydroxylation sites is 2. The molecule has 4 N–H and O–H groups in total. The zero-order valence-electron chi connectivity index (χ0n) is 13.7. The van der Waals surface area contributed by atoms with Crippen molar-refractivity contribution < 1.29 is 15.0 Å². The number of rotatable bonds is 2. The summed E-state index contributed by atoms with van der Waals surface area (Å²) in [5.74, 6) is -0.880. The largest absolute Gasteiger partial charge is 0.390 e. The van der Waals surface area contributed by atoms with Crippen LogP contribution in [0.25, 0.3) is 0 Å². The van der Waals surface area contributed by atoms with Crippen LogP contribution in [0.3, 0.4) is 0 Å². The molecule has 0 spiro atoms. The van der Waals surface area contributed by atoms with Gasteiger partial charge in [-0.1, -0.05) is 47.3 Å². The summed E-state index contributed by atoms with van der Waals surface area (Å²) in [7, 11) is 2.11. The number of anilines is 2. The molecule has 1 radical (unpaired) electrons. The Morgan fingerprint density at radius 3 is 2.12 bits per heavy atom. The minimum Gasteiger partial charge on any atom is -0.390 e. The number of carbonyl (C=O) groups excluding carboxylic acids is 1. The second-order valence-corrected chi connectivity index (χ2v) is 6.83. The Bertz CT molecular complexity index is 767. The number of carbonyl (C=O) groups is 1. The number of nitrogens with zero attached hydrogens (tertiary/aromatic N) is 1. The minimum absolute atomic E-state index is 0.205. The summed E-state index contributed by atoms with van der Waals surface area (Å²) < 4.78 is 0. The number of benzene rings is 2. The molecular formula is C19H20BN2O3. The van der Waals surface area contributed by atoms with Crippen LogP contribution in [0.15, 0.2) is 48.5 Å². The molecular weight excluding hydrogens is 315 g/mol. The second-order valence-electron chi connectivity index (χ2n) is 6.83. The van der Waals surface area contributed by atoms with Gasteiger partial charge in [0.2, 0.25) is 5.91 Å². The van der Waals surface area contributed by atoms with E-state index in [-0.39, 0.29) is 6.42 Å². The third-order valence-electron chi connectivity index (χ3n) is 5.28. The van der Waals surface area contributed by atoms with E-state index in [1.165, 1.54) is 0 Å². The van der Waals surface area contributed by atoms with Gasteiger partial charge in [-0.3, -0.25) is 4.79 Å². The van der Waals surface area contributed by atoms with E-state index in [1.54, 1.807) is 0 Å². The van der Waals surface area contributed by atoms with Crippen LogP contribution >= 0.6 is 0 Å². The fraction of sp³-hybridized carbons (Fsp3) is 0.316. The number of primary amides is 1. The number of amides is 1. The van der Waals surface area contributed by atoms with Crippen molar-refractivity contribution in [3.63, 3.8) is 0 Å². The number of hydrogen-bond donors (Lipinski definition) is 3. The Morgan fingerprint density at radius 2 is 1.56 bits per heavy atom. The molecule has 5 nitrogen and oxygen atoms in total. The topological polar surface area (TPSA) is 86.8 Å². The highest BCUT2D eigenvalue weighted by Gasteiger charge is 2.43. The quantitative estimate of drug-likeness (QED) is 0.662. The van der Waals surface area contributed by atoms with E-state index >= 15 is 0 Å². The van der Waals surface area contributed by atoms with Crippen LogP contribution in [0.1, 0.15) is 12.8 Å². The molecule has 127 valence electrons. The Morgan fingerprint density at radius 1 is 1.00 bits per heavy atom. The van der Waals surface area contributed by atoms with Gasteiger partial charge in [0, 0.05) is 17.3 Å². The summed E-state index contributed by atoms with van der Waals surface area (Å²) in [6, 6.07) is 15.5. The predicted molar refractivity (Wildman–Crippen MR) is 97.8 cm³/mol. The number of hydrogen-bond acceptors (Lipinski definition) is 4. The number of aliphatic hydroxyl groups excluding tert-OH is 2. The average Bonchev–Trinajstić information content (AvgIpc) is 2.62. The molecule has 0 saturated heterocycles. The first-order valence-electron chi connectivity index (χ1n) is 8.53. The fourth-order valence-electron chi connectivity index (χ4n) is 4.02. The van der Waals surface area contributed by atoms with E-state index in [4.69, 9.17) is 5.73 Å². The van der Waals surface area contributed by atoms with E-state index in [1.807, 2.05) is 53.4 Å². The van der Waals surface area contributed by atoms with Crippen molar-refractivity contribution in [2.45, 2.75) is 31.1 Å². The van der Waals surface area contributed by atoms with Crippen LogP contribution in [0.2, 0.25) is 0 Å². The lowest BCUT2D eigenvalue weighted by atomic mass is 9.60. The summed E-state index contributed by atoms with van der Waals surface area (Å²) in [4.78, 5) is 13.8. The summed E-state index contributed by atoms with van der Waals surface area (Å²) in [6.45, 7) is 0. The molecule has 4 unspecified atom stereocenters. The first-order valence-corrected chi connectivity index (χ1v) is 8.53. The van der Waals surface area contributed by atoms with Crippen molar-refractivity contribution in [3.05, 3.63) is 48.5 Å². The Balaban J connectivity index is 1.82. The standard InChI is InChI=1S/C19H20BN2O3/c21-19(25)11-9-16(18(24)17(23)10-11)22-14-7-3-1-5-12(14)20-13-6-2-4-8-15(13)22/h1-8,11,16-18,23-24H,9-10H2,(H2,21,25). The van der Waals surface area contributed by atoms with Crippen LogP contribution < -0.4 is 21.6 Å². The van der Waals surface area contributed by atoms with Gasteiger partial charge in [-0.25, -0.2) is 0 Å². The van der Waals surface area contributed by atoms with Crippen LogP contribution in [-0.4, -0.2) is 41.6 Å². The molecule has 1 aliphatic heterocycles. The minimum atomic E-state index is -0.971. The molecule has 4 rings (SSSR count). The Hall–Kier alpha value is -2.31. The Labute approximate surface area is 147 Å². The fourth-order valence-corrected chi connectivity index (χ4v) is 4.02. The highest BCUT2D eigenvalue weighted by atomic mass is 16.3. The van der Waals surface area contributed by atoms with E-state index in [0.29, 0.717) is 6.42 Å². The third-order valence-corrected chi connectivity index (χ3v) is 5.28. The van der Waals surface area contributed by atoms with Gasteiger partial charge in [0.1, 0.15) is 6.10 Å². The van der Waals surface area contributed by atoms with Gasteiger partial charge in [-0.05, 0) is 25.0 Å². The molecule has 25 heavy (non-hydrogen) atoms. The molecule has 0 bridgehead atoms. The smallest absolute Gasteiger partial charge is 0.220 e. The zero-order valence-corrected chi connectivity index (χ0v) is 13.7. The van der Waals surface area contributed by atoms with Crippen LogP contribution in [0, 0.1) is 5.92 Å². The second kappa shape index (κ2) is 6.21. The van der Waals surface area contributed by atoms with Gasteiger partial charge in [0.15, 0.2) is 7.28 Å². The van der Waals surface area contributed by atoms with E-state index < -0.39 is 30.1 Å². The maximum absolute atomic E-state index is 11.7. The molecule has 2 aromatic carbocycles. The Kier molecular flexibility index (Phi) is 4.02. The molecule has 1 fully saturated rings. The molecule has 2 aromatic rings. The lowest BCUT2D eigenvalue weighted by molar-refractivity contribution is -0.126. The lowest BCUT2D eigenvalue weighted by Crippen LogP contribution is -2.57. The average molecular weight is 335 g/mol. The molecule has 1 saturated carbocycles. The maximum Gasteiger partial charge on any atom is 0.220 e.